The third-order valence-electron chi connectivity index (χ3n) is 11.6. The number of Topliss-reactive ketones (excluding diaryl/α,β-unsaturated/α-hetero) is 1. The quantitative estimate of drug-likeness (QED) is 0.196. The molecule has 0 saturated heterocycles. The Morgan fingerprint density at radius 2 is 1.62 bits per heavy atom. The summed E-state index contributed by atoms with van der Waals surface area (Å²) in [6, 6.07) is 8.14. The van der Waals surface area contributed by atoms with Gasteiger partial charge in [0.25, 0.3) is 0 Å². The van der Waals surface area contributed by atoms with Crippen LogP contribution in [0, 0.1) is 30.6 Å². The zero-order chi connectivity index (χ0) is 32.3. The Labute approximate surface area is 279 Å². The standard InChI is InChI=1S/C39H50N4O4/c1-25-36(46-2)19-17-33(41-25)28-11-8-27(9-12-28)23-43(37-22-32(20-21-40-37)34-24-47-38(42-34)30-15-16-30)39(45)31-13-6-26(7-14-31)10-18-35(44)29-4-3-5-29/h17,19-22,24,26-31H,3-16,18,23H2,1-2H3. The van der Waals surface area contributed by atoms with E-state index in [1.165, 1.54) is 6.42 Å². The minimum Gasteiger partial charge on any atom is -0.495 e. The molecular weight excluding hydrogens is 588 g/mol. The van der Waals surface area contributed by atoms with Gasteiger partial charge in [0.1, 0.15) is 29.3 Å². The fourth-order valence-electron chi connectivity index (χ4n) is 8.07. The van der Waals surface area contributed by atoms with Gasteiger partial charge in [0.2, 0.25) is 5.91 Å². The molecule has 4 aliphatic rings. The van der Waals surface area contributed by atoms with Crippen molar-refractivity contribution in [3.63, 3.8) is 0 Å². The SMILES string of the molecule is COc1ccc(C2CCC(CN(C(=O)C3CCC(CCC(=O)C4CCC4)CC3)c3cc(-c4coc(C5CC5)n4)ccn3)CC2)nc1C. The van der Waals surface area contributed by atoms with Gasteiger partial charge in [-0.25, -0.2) is 9.97 Å². The van der Waals surface area contributed by atoms with Crippen molar-refractivity contribution in [3.05, 3.63) is 54.0 Å². The molecule has 3 aromatic rings. The molecule has 0 aromatic carbocycles. The second-order valence-electron chi connectivity index (χ2n) is 14.8. The van der Waals surface area contributed by atoms with Crippen LogP contribution in [0.4, 0.5) is 5.82 Å². The summed E-state index contributed by atoms with van der Waals surface area (Å²) in [6.07, 6.45) is 19.0. The number of hydrogen-bond donors (Lipinski definition) is 0. The second-order valence-corrected chi connectivity index (χ2v) is 14.8. The molecule has 0 spiro atoms. The van der Waals surface area contributed by atoms with Crippen LogP contribution in [0.3, 0.4) is 0 Å². The highest BCUT2D eigenvalue weighted by Crippen LogP contribution is 2.41. The van der Waals surface area contributed by atoms with Gasteiger partial charge >= 0.3 is 0 Å². The third kappa shape index (κ3) is 7.47. The van der Waals surface area contributed by atoms with Gasteiger partial charge in [-0.1, -0.05) is 6.42 Å². The van der Waals surface area contributed by atoms with Crippen molar-refractivity contribution in [2.24, 2.45) is 23.7 Å². The highest BCUT2D eigenvalue weighted by atomic mass is 16.5. The smallest absolute Gasteiger partial charge is 0.231 e. The van der Waals surface area contributed by atoms with Crippen LogP contribution in [0.2, 0.25) is 0 Å². The minimum absolute atomic E-state index is 0.00428. The van der Waals surface area contributed by atoms with Crippen LogP contribution in [0.1, 0.15) is 125 Å². The van der Waals surface area contributed by atoms with E-state index >= 15 is 0 Å². The Morgan fingerprint density at radius 1 is 0.872 bits per heavy atom. The van der Waals surface area contributed by atoms with Gasteiger partial charge in [-0.2, -0.15) is 0 Å². The number of methoxy groups -OCH3 is 1. The topological polar surface area (TPSA) is 98.4 Å². The Hall–Kier alpha value is -3.55. The summed E-state index contributed by atoms with van der Waals surface area (Å²) in [7, 11) is 1.69. The number of pyridine rings is 2. The Balaban J connectivity index is 1.03. The van der Waals surface area contributed by atoms with E-state index in [0.29, 0.717) is 47.7 Å². The highest BCUT2D eigenvalue weighted by Gasteiger charge is 2.34. The fraction of sp³-hybridized carbons (Fsp3) is 0.615. The van der Waals surface area contributed by atoms with Crippen LogP contribution in [0.25, 0.3) is 11.3 Å². The summed E-state index contributed by atoms with van der Waals surface area (Å²) in [6.45, 7) is 2.69. The molecule has 3 heterocycles. The molecule has 4 aliphatic carbocycles. The van der Waals surface area contributed by atoms with Crippen molar-refractivity contribution in [1.29, 1.82) is 0 Å². The van der Waals surface area contributed by atoms with Crippen LogP contribution < -0.4 is 9.64 Å². The van der Waals surface area contributed by atoms with E-state index in [9.17, 15) is 9.59 Å². The number of carbonyl (C=O) groups is 2. The molecule has 4 saturated carbocycles. The molecule has 0 N–H and O–H groups in total. The zero-order valence-electron chi connectivity index (χ0n) is 28.2. The average molecular weight is 639 g/mol. The number of rotatable bonds is 12. The zero-order valence-corrected chi connectivity index (χ0v) is 28.2. The monoisotopic (exact) mass is 638 g/mol. The lowest BCUT2D eigenvalue weighted by Gasteiger charge is -2.36. The minimum atomic E-state index is -0.00428. The fourth-order valence-corrected chi connectivity index (χ4v) is 8.07. The maximum atomic E-state index is 14.4. The molecule has 8 nitrogen and oxygen atoms in total. The molecule has 7 rings (SSSR count). The number of oxazole rings is 1. The molecule has 0 unspecified atom stereocenters. The third-order valence-corrected chi connectivity index (χ3v) is 11.6. The molecule has 1 amide bonds. The van der Waals surface area contributed by atoms with E-state index in [-0.39, 0.29) is 11.8 Å². The first-order chi connectivity index (χ1) is 22.9. The van der Waals surface area contributed by atoms with E-state index in [1.54, 1.807) is 19.6 Å². The van der Waals surface area contributed by atoms with Crippen molar-refractivity contribution < 1.29 is 18.7 Å². The van der Waals surface area contributed by atoms with Crippen molar-refractivity contribution >= 4 is 17.5 Å². The van der Waals surface area contributed by atoms with Crippen molar-refractivity contribution in [1.82, 2.24) is 15.0 Å². The normalized spacial score (nSPS) is 24.8. The summed E-state index contributed by atoms with van der Waals surface area (Å²) < 4.78 is 11.2. The first-order valence-electron chi connectivity index (χ1n) is 18.2. The average Bonchev–Trinajstić information content (AvgIpc) is 3.81. The van der Waals surface area contributed by atoms with Gasteiger partial charge in [0, 0.05) is 54.1 Å². The number of nitrogens with zero attached hydrogens (tertiary/aromatic N) is 4. The number of aromatic nitrogens is 3. The maximum absolute atomic E-state index is 14.4. The number of ether oxygens (including phenoxy) is 1. The van der Waals surface area contributed by atoms with Crippen molar-refractivity contribution in [2.45, 2.75) is 115 Å². The number of anilines is 1. The summed E-state index contributed by atoms with van der Waals surface area (Å²) in [5, 5.41) is 0. The maximum Gasteiger partial charge on any atom is 0.231 e. The van der Waals surface area contributed by atoms with Gasteiger partial charge in [-0.15, -0.1) is 0 Å². The largest absolute Gasteiger partial charge is 0.495 e. The first-order valence-corrected chi connectivity index (χ1v) is 18.2. The Bertz CT molecular complexity index is 1540. The number of ketones is 1. The predicted molar refractivity (Wildman–Crippen MR) is 181 cm³/mol. The van der Waals surface area contributed by atoms with Crippen molar-refractivity contribution in [2.75, 3.05) is 18.6 Å². The first kappa shape index (κ1) is 32.0. The molecule has 3 aromatic heterocycles. The Kier molecular flexibility index (Phi) is 9.73. The number of amides is 1. The molecule has 0 bridgehead atoms. The molecule has 8 heteroatoms. The number of carbonyl (C=O) groups excluding carboxylic acids is 2. The number of aryl methyl sites for hydroxylation is 1. The molecule has 47 heavy (non-hydrogen) atoms. The van der Waals surface area contributed by atoms with Crippen LogP contribution >= 0.6 is 0 Å². The summed E-state index contributed by atoms with van der Waals surface area (Å²) >= 11 is 0. The van der Waals surface area contributed by atoms with Crippen molar-refractivity contribution in [3.8, 4) is 17.0 Å². The highest BCUT2D eigenvalue weighted by molar-refractivity contribution is 5.94. The van der Waals surface area contributed by atoms with Crippen LogP contribution in [0.5, 0.6) is 5.75 Å². The molecule has 0 atom stereocenters. The summed E-state index contributed by atoms with van der Waals surface area (Å²) in [4.78, 5) is 43.3. The lowest BCUT2D eigenvalue weighted by Crippen LogP contribution is -2.42. The summed E-state index contributed by atoms with van der Waals surface area (Å²) in [5.74, 6) is 5.19. The van der Waals surface area contributed by atoms with Gasteiger partial charge in [0.05, 0.1) is 12.8 Å². The molecule has 250 valence electrons. The van der Waals surface area contributed by atoms with E-state index < -0.39 is 0 Å². The van der Waals surface area contributed by atoms with Crippen LogP contribution in [-0.2, 0) is 9.59 Å². The molecular formula is C39H50N4O4. The van der Waals surface area contributed by atoms with E-state index in [1.807, 2.05) is 30.0 Å². The van der Waals surface area contributed by atoms with E-state index in [2.05, 4.69) is 6.07 Å². The van der Waals surface area contributed by atoms with Crippen LogP contribution in [-0.4, -0.2) is 40.3 Å². The van der Waals surface area contributed by atoms with E-state index in [0.717, 1.165) is 124 Å². The van der Waals surface area contributed by atoms with Crippen LogP contribution in [0.15, 0.2) is 41.1 Å². The van der Waals surface area contributed by atoms with Gasteiger partial charge in [0.15, 0.2) is 5.89 Å². The van der Waals surface area contributed by atoms with Gasteiger partial charge in [-0.05, 0) is 126 Å². The molecule has 0 aliphatic heterocycles. The molecule has 0 radical (unpaired) electrons. The second kappa shape index (κ2) is 14.3. The van der Waals surface area contributed by atoms with Gasteiger partial charge < -0.3 is 9.15 Å². The Morgan fingerprint density at radius 3 is 2.30 bits per heavy atom. The van der Waals surface area contributed by atoms with Gasteiger partial charge in [-0.3, -0.25) is 19.5 Å². The lowest BCUT2D eigenvalue weighted by molar-refractivity contribution is -0.126. The van der Waals surface area contributed by atoms with E-state index in [4.69, 9.17) is 24.1 Å². The predicted octanol–water partition coefficient (Wildman–Crippen LogP) is 8.59. The number of hydrogen-bond acceptors (Lipinski definition) is 7. The lowest BCUT2D eigenvalue weighted by atomic mass is 9.76. The summed E-state index contributed by atoms with van der Waals surface area (Å²) in [5.41, 5.74) is 3.83. The molecule has 4 fully saturated rings.